The molecule has 3 aromatic rings. The summed E-state index contributed by atoms with van der Waals surface area (Å²) in [6.45, 7) is 0. The van der Waals surface area contributed by atoms with Gasteiger partial charge in [-0.25, -0.2) is 0 Å². The minimum atomic E-state index is -0.509. The summed E-state index contributed by atoms with van der Waals surface area (Å²) < 4.78 is 1.78. The van der Waals surface area contributed by atoms with E-state index in [0.29, 0.717) is 5.56 Å². The van der Waals surface area contributed by atoms with Gasteiger partial charge in [-0.1, -0.05) is 55.7 Å². The highest BCUT2D eigenvalue weighted by atomic mass is 16.2. The Kier molecular flexibility index (Phi) is 4.71. The van der Waals surface area contributed by atoms with Gasteiger partial charge in [-0.2, -0.15) is 4.68 Å². The first kappa shape index (κ1) is 17.4. The second-order valence-electron chi connectivity index (χ2n) is 7.07. The van der Waals surface area contributed by atoms with Gasteiger partial charge in [0.1, 0.15) is 5.54 Å². The molecule has 1 aromatic heterocycles. The monoisotopic (exact) mass is 361 g/mol. The SMILES string of the molecule is CN(C(=O)c1ccccc1)C1(c2nnnn2-c2ccccc2)CCCCC1. The second kappa shape index (κ2) is 7.31. The number of rotatable bonds is 4. The van der Waals surface area contributed by atoms with Crippen molar-refractivity contribution in [1.82, 2.24) is 25.1 Å². The maximum atomic E-state index is 13.2. The van der Waals surface area contributed by atoms with E-state index in [1.807, 2.05) is 72.6 Å². The van der Waals surface area contributed by atoms with E-state index in [1.54, 1.807) is 4.68 Å². The number of hydrogen-bond acceptors (Lipinski definition) is 4. The van der Waals surface area contributed by atoms with Gasteiger partial charge in [-0.15, -0.1) is 5.10 Å². The zero-order valence-electron chi connectivity index (χ0n) is 15.5. The molecule has 0 unspecified atom stereocenters. The van der Waals surface area contributed by atoms with Crippen LogP contribution in [0.1, 0.15) is 48.3 Å². The Bertz CT molecular complexity index is 901. The van der Waals surface area contributed by atoms with Gasteiger partial charge >= 0.3 is 0 Å². The third-order valence-electron chi connectivity index (χ3n) is 5.53. The number of benzene rings is 2. The van der Waals surface area contributed by atoms with Crippen LogP contribution in [0.25, 0.3) is 5.69 Å². The zero-order chi connectivity index (χ0) is 18.7. The molecule has 0 N–H and O–H groups in total. The van der Waals surface area contributed by atoms with E-state index >= 15 is 0 Å². The highest BCUT2D eigenvalue weighted by Gasteiger charge is 2.45. The average molecular weight is 361 g/mol. The van der Waals surface area contributed by atoms with Crippen LogP contribution in [0.2, 0.25) is 0 Å². The van der Waals surface area contributed by atoms with Crippen molar-refractivity contribution in [2.45, 2.75) is 37.6 Å². The summed E-state index contributed by atoms with van der Waals surface area (Å²) in [7, 11) is 1.88. The molecule has 1 saturated carbocycles. The van der Waals surface area contributed by atoms with Gasteiger partial charge < -0.3 is 4.90 Å². The molecular weight excluding hydrogens is 338 g/mol. The molecule has 1 aliphatic carbocycles. The molecule has 1 fully saturated rings. The predicted molar refractivity (Wildman–Crippen MR) is 102 cm³/mol. The predicted octanol–water partition coefficient (Wildman–Crippen LogP) is 3.59. The fraction of sp³-hybridized carbons (Fsp3) is 0.333. The summed E-state index contributed by atoms with van der Waals surface area (Å²) in [6, 6.07) is 19.3. The molecule has 2 aromatic carbocycles. The maximum Gasteiger partial charge on any atom is 0.254 e. The van der Waals surface area contributed by atoms with Crippen LogP contribution in [0.3, 0.4) is 0 Å². The van der Waals surface area contributed by atoms with E-state index in [-0.39, 0.29) is 5.91 Å². The third-order valence-corrected chi connectivity index (χ3v) is 5.53. The van der Waals surface area contributed by atoms with Crippen LogP contribution in [-0.2, 0) is 5.54 Å². The van der Waals surface area contributed by atoms with Gasteiger partial charge in [0.25, 0.3) is 5.91 Å². The Labute approximate surface area is 158 Å². The number of hydrogen-bond donors (Lipinski definition) is 0. The molecule has 27 heavy (non-hydrogen) atoms. The molecule has 0 bridgehead atoms. The molecule has 138 valence electrons. The van der Waals surface area contributed by atoms with Crippen molar-refractivity contribution in [2.24, 2.45) is 0 Å². The van der Waals surface area contributed by atoms with E-state index in [4.69, 9.17) is 0 Å². The normalized spacial score (nSPS) is 16.0. The largest absolute Gasteiger partial charge is 0.329 e. The van der Waals surface area contributed by atoms with E-state index in [2.05, 4.69) is 15.5 Å². The highest BCUT2D eigenvalue weighted by Crippen LogP contribution is 2.41. The van der Waals surface area contributed by atoms with Crippen molar-refractivity contribution >= 4 is 5.91 Å². The third kappa shape index (κ3) is 3.12. The molecule has 1 amide bonds. The summed E-state index contributed by atoms with van der Waals surface area (Å²) in [6.07, 6.45) is 4.98. The van der Waals surface area contributed by atoms with Crippen LogP contribution in [0.5, 0.6) is 0 Å². The van der Waals surface area contributed by atoms with Crippen LogP contribution in [0.4, 0.5) is 0 Å². The summed E-state index contributed by atoms with van der Waals surface area (Å²) in [4.78, 5) is 15.1. The number of aromatic nitrogens is 4. The minimum absolute atomic E-state index is 0.000103. The Balaban J connectivity index is 1.78. The lowest BCUT2D eigenvalue weighted by Crippen LogP contribution is -2.50. The molecule has 1 heterocycles. The fourth-order valence-corrected chi connectivity index (χ4v) is 4.03. The molecule has 0 atom stereocenters. The van der Waals surface area contributed by atoms with Crippen molar-refractivity contribution in [3.05, 3.63) is 72.1 Å². The van der Waals surface area contributed by atoms with Gasteiger partial charge in [0.05, 0.1) is 5.69 Å². The number of nitrogens with zero attached hydrogens (tertiary/aromatic N) is 5. The summed E-state index contributed by atoms with van der Waals surface area (Å²) >= 11 is 0. The van der Waals surface area contributed by atoms with Gasteiger partial charge in [0.2, 0.25) is 0 Å². The fourth-order valence-electron chi connectivity index (χ4n) is 4.03. The minimum Gasteiger partial charge on any atom is -0.329 e. The molecule has 0 aliphatic heterocycles. The van der Waals surface area contributed by atoms with E-state index in [1.165, 1.54) is 6.42 Å². The van der Waals surface area contributed by atoms with Gasteiger partial charge in [0.15, 0.2) is 5.82 Å². The molecule has 0 radical (unpaired) electrons. The smallest absolute Gasteiger partial charge is 0.254 e. The number of carbonyl (C=O) groups excluding carboxylic acids is 1. The number of carbonyl (C=O) groups is 1. The van der Waals surface area contributed by atoms with E-state index in [9.17, 15) is 4.79 Å². The first-order valence-corrected chi connectivity index (χ1v) is 9.40. The molecule has 0 saturated heterocycles. The molecule has 6 heteroatoms. The zero-order valence-corrected chi connectivity index (χ0v) is 15.5. The summed E-state index contributed by atoms with van der Waals surface area (Å²) in [5.74, 6) is 0.736. The molecular formula is C21H23N5O. The topological polar surface area (TPSA) is 63.9 Å². The summed E-state index contributed by atoms with van der Waals surface area (Å²) in [5.41, 5.74) is 1.08. The standard InChI is InChI=1S/C21H23N5O/c1-25(19(27)17-11-5-2-6-12-17)21(15-9-4-10-16-21)20-22-23-24-26(20)18-13-7-3-8-14-18/h2-3,5-8,11-14H,4,9-10,15-16H2,1H3. The molecule has 1 aliphatic rings. The van der Waals surface area contributed by atoms with E-state index in [0.717, 1.165) is 37.2 Å². The number of para-hydroxylation sites is 1. The second-order valence-corrected chi connectivity index (χ2v) is 7.07. The van der Waals surface area contributed by atoms with Gasteiger partial charge in [-0.3, -0.25) is 4.79 Å². The lowest BCUT2D eigenvalue weighted by Gasteiger charge is -2.43. The molecule has 0 spiro atoms. The van der Waals surface area contributed by atoms with Crippen molar-refractivity contribution in [1.29, 1.82) is 0 Å². The van der Waals surface area contributed by atoms with Crippen LogP contribution in [0.15, 0.2) is 60.7 Å². The molecule has 6 nitrogen and oxygen atoms in total. The number of amides is 1. The van der Waals surface area contributed by atoms with Crippen molar-refractivity contribution in [3.8, 4) is 5.69 Å². The lowest BCUT2D eigenvalue weighted by atomic mass is 9.79. The van der Waals surface area contributed by atoms with Crippen molar-refractivity contribution < 1.29 is 4.79 Å². The first-order valence-electron chi connectivity index (χ1n) is 9.40. The van der Waals surface area contributed by atoms with Crippen LogP contribution >= 0.6 is 0 Å². The average Bonchev–Trinajstić information content (AvgIpc) is 3.25. The quantitative estimate of drug-likeness (QED) is 0.712. The van der Waals surface area contributed by atoms with Crippen LogP contribution in [0, 0.1) is 0 Å². The Morgan fingerprint density at radius 2 is 1.59 bits per heavy atom. The molecule has 4 rings (SSSR count). The summed E-state index contributed by atoms with van der Waals surface area (Å²) in [5, 5.41) is 12.6. The van der Waals surface area contributed by atoms with Gasteiger partial charge in [-0.05, 0) is 47.5 Å². The van der Waals surface area contributed by atoms with Crippen molar-refractivity contribution in [2.75, 3.05) is 7.05 Å². The highest BCUT2D eigenvalue weighted by molar-refractivity contribution is 5.94. The van der Waals surface area contributed by atoms with Gasteiger partial charge in [0, 0.05) is 12.6 Å². The first-order chi connectivity index (χ1) is 13.2. The Morgan fingerprint density at radius 1 is 0.963 bits per heavy atom. The lowest BCUT2D eigenvalue weighted by molar-refractivity contribution is 0.0386. The van der Waals surface area contributed by atoms with Crippen molar-refractivity contribution in [3.63, 3.8) is 0 Å². The maximum absolute atomic E-state index is 13.2. The Hall–Kier alpha value is -3.02. The number of tetrazole rings is 1. The Morgan fingerprint density at radius 3 is 2.26 bits per heavy atom. The van der Waals surface area contributed by atoms with Crippen LogP contribution in [-0.4, -0.2) is 38.1 Å². The van der Waals surface area contributed by atoms with E-state index < -0.39 is 5.54 Å². The van der Waals surface area contributed by atoms with Crippen LogP contribution < -0.4 is 0 Å².